The van der Waals surface area contributed by atoms with E-state index in [4.69, 9.17) is 0 Å². The Labute approximate surface area is 112 Å². The maximum absolute atomic E-state index is 12.4. The molecular weight excluding hydrogens is 313 g/mol. The molecule has 0 bridgehead atoms. The molecule has 102 valence electrons. The topological polar surface area (TPSA) is 41.1 Å². The van der Waals surface area contributed by atoms with Crippen molar-refractivity contribution in [2.75, 3.05) is 29.9 Å². The van der Waals surface area contributed by atoms with E-state index in [-0.39, 0.29) is 12.4 Å². The van der Waals surface area contributed by atoms with Crippen molar-refractivity contribution in [3.05, 3.63) is 10.8 Å². The van der Waals surface area contributed by atoms with Crippen LogP contribution in [-0.4, -0.2) is 35.8 Å². The predicted molar refractivity (Wildman–Crippen MR) is 67.8 cm³/mol. The Morgan fingerprint density at radius 2 is 2.00 bits per heavy atom. The number of nitrogens with zero attached hydrogens (tertiary/aromatic N) is 3. The van der Waals surface area contributed by atoms with Crippen LogP contribution in [0.25, 0.3) is 0 Å². The van der Waals surface area contributed by atoms with Gasteiger partial charge in [0.1, 0.15) is 29.0 Å². The number of alkyl halides is 3. The largest absolute Gasteiger partial charge is 0.405 e. The lowest BCUT2D eigenvalue weighted by molar-refractivity contribution is -0.119. The van der Waals surface area contributed by atoms with Crippen LogP contribution in [0.15, 0.2) is 10.8 Å². The summed E-state index contributed by atoms with van der Waals surface area (Å²) >= 11 is 3.23. The molecule has 0 saturated carbocycles. The van der Waals surface area contributed by atoms with Crippen molar-refractivity contribution >= 4 is 27.6 Å². The zero-order chi connectivity index (χ0) is 13.8. The molecule has 4 nitrogen and oxygen atoms in total. The molecule has 1 rings (SSSR count). The van der Waals surface area contributed by atoms with E-state index in [0.29, 0.717) is 16.8 Å². The Morgan fingerprint density at radius 3 is 2.50 bits per heavy atom. The number of hydrogen-bond donors (Lipinski definition) is 1. The number of nitrogens with one attached hydrogen (secondary N) is 1. The van der Waals surface area contributed by atoms with Gasteiger partial charge in [0.2, 0.25) is 0 Å². The minimum absolute atomic E-state index is 0.209. The molecule has 1 aromatic rings. The summed E-state index contributed by atoms with van der Waals surface area (Å²) < 4.78 is 37.8. The third kappa shape index (κ3) is 4.01. The fourth-order valence-electron chi connectivity index (χ4n) is 1.42. The molecule has 8 heteroatoms. The van der Waals surface area contributed by atoms with Crippen LogP contribution in [-0.2, 0) is 0 Å². The third-order valence-electron chi connectivity index (χ3n) is 2.17. The van der Waals surface area contributed by atoms with Crippen LogP contribution in [0.2, 0.25) is 0 Å². The quantitative estimate of drug-likeness (QED) is 0.902. The predicted octanol–water partition coefficient (Wildman–Crippen LogP) is 3.06. The molecule has 1 heterocycles. The first kappa shape index (κ1) is 15.0. The van der Waals surface area contributed by atoms with Gasteiger partial charge in [0.25, 0.3) is 0 Å². The van der Waals surface area contributed by atoms with E-state index in [9.17, 15) is 13.2 Å². The van der Waals surface area contributed by atoms with Gasteiger partial charge in [-0.15, -0.1) is 0 Å². The molecule has 1 N–H and O–H groups in total. The van der Waals surface area contributed by atoms with Gasteiger partial charge in [-0.05, 0) is 29.8 Å². The molecule has 0 aliphatic heterocycles. The van der Waals surface area contributed by atoms with Crippen LogP contribution in [0.5, 0.6) is 0 Å². The number of rotatable bonds is 5. The lowest BCUT2D eigenvalue weighted by atomic mass is 10.4. The smallest absolute Gasteiger partial charge is 0.369 e. The summed E-state index contributed by atoms with van der Waals surface area (Å²) in [6.07, 6.45) is -3.02. The zero-order valence-corrected chi connectivity index (χ0v) is 11.6. The van der Waals surface area contributed by atoms with Crippen LogP contribution in [0.1, 0.15) is 13.8 Å². The highest BCUT2D eigenvalue weighted by atomic mass is 79.9. The summed E-state index contributed by atoms with van der Waals surface area (Å²) in [5.74, 6) is 0.726. The van der Waals surface area contributed by atoms with Crippen LogP contribution in [0, 0.1) is 0 Å². The monoisotopic (exact) mass is 326 g/mol. The van der Waals surface area contributed by atoms with E-state index in [1.54, 1.807) is 6.92 Å². The van der Waals surface area contributed by atoms with E-state index >= 15 is 0 Å². The second kappa shape index (κ2) is 6.21. The van der Waals surface area contributed by atoms with Gasteiger partial charge in [-0.25, -0.2) is 9.97 Å². The van der Waals surface area contributed by atoms with E-state index in [1.165, 1.54) is 6.33 Å². The molecule has 0 aromatic carbocycles. The Balaban J connectivity index is 3.02. The second-order valence-electron chi connectivity index (χ2n) is 3.52. The van der Waals surface area contributed by atoms with Crippen LogP contribution < -0.4 is 10.2 Å². The first-order chi connectivity index (χ1) is 8.39. The molecule has 0 amide bonds. The fourth-order valence-corrected chi connectivity index (χ4v) is 2.02. The van der Waals surface area contributed by atoms with Crippen molar-refractivity contribution < 1.29 is 13.2 Å². The highest BCUT2D eigenvalue weighted by molar-refractivity contribution is 9.10. The SMILES string of the molecule is CCNc1ncnc(N(CC)CC(F)(F)F)c1Br. The molecule has 0 fully saturated rings. The summed E-state index contributed by atoms with van der Waals surface area (Å²) in [7, 11) is 0. The highest BCUT2D eigenvalue weighted by Crippen LogP contribution is 2.31. The summed E-state index contributed by atoms with van der Waals surface area (Å²) in [6, 6.07) is 0. The molecule has 0 aliphatic carbocycles. The number of aromatic nitrogens is 2. The van der Waals surface area contributed by atoms with Crippen LogP contribution in [0.4, 0.5) is 24.8 Å². The molecule has 0 aliphatic rings. The van der Waals surface area contributed by atoms with Crippen LogP contribution >= 0.6 is 15.9 Å². The molecule has 18 heavy (non-hydrogen) atoms. The second-order valence-corrected chi connectivity index (χ2v) is 4.31. The first-order valence-corrected chi connectivity index (χ1v) is 6.24. The highest BCUT2D eigenvalue weighted by Gasteiger charge is 2.31. The minimum atomic E-state index is -4.27. The van der Waals surface area contributed by atoms with Crippen molar-refractivity contribution in [2.24, 2.45) is 0 Å². The minimum Gasteiger partial charge on any atom is -0.369 e. The lowest BCUT2D eigenvalue weighted by Crippen LogP contribution is -2.35. The standard InChI is InChI=1S/C10H14BrF3N4/c1-3-15-8-7(11)9(17-6-16-8)18(4-2)5-10(12,13)14/h6H,3-5H2,1-2H3,(H,15,16,17). The Morgan fingerprint density at radius 1 is 1.33 bits per heavy atom. The molecule has 0 radical (unpaired) electrons. The van der Waals surface area contributed by atoms with Gasteiger partial charge in [-0.1, -0.05) is 0 Å². The van der Waals surface area contributed by atoms with Crippen molar-refractivity contribution in [3.63, 3.8) is 0 Å². The average Bonchev–Trinajstić information content (AvgIpc) is 2.28. The fraction of sp³-hybridized carbons (Fsp3) is 0.600. The molecule has 0 spiro atoms. The van der Waals surface area contributed by atoms with E-state index < -0.39 is 12.7 Å². The van der Waals surface area contributed by atoms with E-state index in [1.807, 2.05) is 6.92 Å². The Kier molecular flexibility index (Phi) is 5.18. The van der Waals surface area contributed by atoms with E-state index in [0.717, 1.165) is 4.90 Å². The summed E-state index contributed by atoms with van der Waals surface area (Å²) in [6.45, 7) is 3.32. The van der Waals surface area contributed by atoms with Crippen molar-refractivity contribution in [1.82, 2.24) is 9.97 Å². The van der Waals surface area contributed by atoms with Gasteiger partial charge in [0.05, 0.1) is 0 Å². The summed E-state index contributed by atoms with van der Waals surface area (Å²) in [4.78, 5) is 9.01. The Hall–Kier alpha value is -1.05. The Bertz CT molecular complexity index is 397. The van der Waals surface area contributed by atoms with E-state index in [2.05, 4.69) is 31.2 Å². The van der Waals surface area contributed by atoms with Crippen molar-refractivity contribution in [1.29, 1.82) is 0 Å². The summed E-state index contributed by atoms with van der Waals surface area (Å²) in [5, 5.41) is 2.95. The van der Waals surface area contributed by atoms with Gasteiger partial charge >= 0.3 is 6.18 Å². The van der Waals surface area contributed by atoms with Gasteiger partial charge in [0, 0.05) is 13.1 Å². The van der Waals surface area contributed by atoms with Crippen molar-refractivity contribution in [2.45, 2.75) is 20.0 Å². The number of anilines is 2. The maximum atomic E-state index is 12.4. The third-order valence-corrected chi connectivity index (χ3v) is 2.90. The molecule has 0 saturated heterocycles. The number of halogens is 4. The molecule has 1 aromatic heterocycles. The van der Waals surface area contributed by atoms with Gasteiger partial charge in [-0.2, -0.15) is 13.2 Å². The lowest BCUT2D eigenvalue weighted by Gasteiger charge is -2.24. The maximum Gasteiger partial charge on any atom is 0.405 e. The zero-order valence-electron chi connectivity index (χ0n) is 10.1. The normalized spacial score (nSPS) is 11.4. The van der Waals surface area contributed by atoms with Gasteiger partial charge in [-0.3, -0.25) is 0 Å². The molecular formula is C10H14BrF3N4. The molecule has 0 atom stereocenters. The van der Waals surface area contributed by atoms with Crippen molar-refractivity contribution in [3.8, 4) is 0 Å². The van der Waals surface area contributed by atoms with Gasteiger partial charge in [0.15, 0.2) is 0 Å². The van der Waals surface area contributed by atoms with Gasteiger partial charge < -0.3 is 10.2 Å². The molecule has 0 unspecified atom stereocenters. The van der Waals surface area contributed by atoms with Crippen LogP contribution in [0.3, 0.4) is 0 Å². The first-order valence-electron chi connectivity index (χ1n) is 5.45. The number of hydrogen-bond acceptors (Lipinski definition) is 4. The average molecular weight is 327 g/mol. The summed E-state index contributed by atoms with van der Waals surface area (Å²) in [5.41, 5.74) is 0.